The monoisotopic (exact) mass is 451 g/mol. The van der Waals surface area contributed by atoms with Gasteiger partial charge in [-0.15, -0.1) is 9.73 Å². The molecule has 0 atom stereocenters. The molecule has 0 unspecified atom stereocenters. The maximum Gasteiger partial charge on any atom is 0.285 e. The lowest BCUT2D eigenvalue weighted by molar-refractivity contribution is 0.368. The number of fused-ring (bicyclic) bond motifs is 1. The highest BCUT2D eigenvalue weighted by atomic mass is 35.5. The molecule has 0 aliphatic rings. The first-order valence-electron chi connectivity index (χ1n) is 8.21. The Morgan fingerprint density at radius 3 is 2.79 bits per heavy atom. The van der Waals surface area contributed by atoms with Gasteiger partial charge in [0.05, 0.1) is 25.2 Å². The van der Waals surface area contributed by atoms with Gasteiger partial charge in [0, 0.05) is 21.9 Å². The molecule has 0 N–H and O–H groups in total. The van der Waals surface area contributed by atoms with E-state index in [-0.39, 0.29) is 17.1 Å². The van der Waals surface area contributed by atoms with Gasteiger partial charge in [-0.3, -0.25) is 9.36 Å². The fraction of sp³-hybridized carbons (Fsp3) is 0.111. The molecule has 29 heavy (non-hydrogen) atoms. The van der Waals surface area contributed by atoms with E-state index in [1.165, 1.54) is 52.6 Å². The minimum atomic E-state index is -0.693. The van der Waals surface area contributed by atoms with Crippen molar-refractivity contribution in [1.29, 1.82) is 0 Å². The maximum absolute atomic E-state index is 14.2. The van der Waals surface area contributed by atoms with E-state index in [9.17, 15) is 9.18 Å². The summed E-state index contributed by atoms with van der Waals surface area (Å²) in [4.78, 5) is 16.9. The molecule has 7 nitrogen and oxygen atoms in total. The minimum absolute atomic E-state index is 0.165. The van der Waals surface area contributed by atoms with E-state index in [4.69, 9.17) is 27.9 Å². The molecule has 1 aromatic carbocycles. The van der Waals surface area contributed by atoms with Crippen LogP contribution >= 0.6 is 35.0 Å². The number of benzene rings is 1. The summed E-state index contributed by atoms with van der Waals surface area (Å²) in [7, 11) is 1.31. The van der Waals surface area contributed by atoms with E-state index in [0.717, 1.165) is 5.56 Å². The molecule has 0 aliphatic carbocycles. The second kappa shape index (κ2) is 8.02. The molecule has 11 heteroatoms. The molecule has 0 aliphatic heterocycles. The van der Waals surface area contributed by atoms with E-state index in [0.29, 0.717) is 21.0 Å². The Bertz CT molecular complexity index is 1280. The largest absolute Gasteiger partial charge is 0.479 e. The van der Waals surface area contributed by atoms with Gasteiger partial charge in [0.25, 0.3) is 5.56 Å². The Balaban J connectivity index is 1.81. The van der Waals surface area contributed by atoms with Gasteiger partial charge in [-0.2, -0.15) is 5.10 Å². The lowest BCUT2D eigenvalue weighted by Gasteiger charge is -2.13. The summed E-state index contributed by atoms with van der Waals surface area (Å²) >= 11 is 13.4. The van der Waals surface area contributed by atoms with Gasteiger partial charge in [0.1, 0.15) is 0 Å². The summed E-state index contributed by atoms with van der Waals surface area (Å²) in [5.41, 5.74) is 0.860. The van der Waals surface area contributed by atoms with Crippen LogP contribution in [-0.4, -0.2) is 31.5 Å². The Hall–Kier alpha value is -2.62. The summed E-state index contributed by atoms with van der Waals surface area (Å²) in [6, 6.07) is 7.86. The van der Waals surface area contributed by atoms with Gasteiger partial charge in [-0.05, 0) is 23.8 Å². The highest BCUT2D eigenvalue weighted by Crippen LogP contribution is 2.28. The standard InChI is InChI=1S/C18H12Cl2FN5O2S/c1-28-16-14(21)7-12(8-22-16)25-17(27)15-4-5-23-26(15)24-18(25)29-9-10-2-3-11(19)6-13(10)20/h2-8H,9H2,1H3. The molecule has 4 aromatic rings. The Kier molecular flexibility index (Phi) is 5.44. The van der Waals surface area contributed by atoms with Crippen molar-refractivity contribution < 1.29 is 9.13 Å². The van der Waals surface area contributed by atoms with Crippen molar-refractivity contribution in [3.63, 3.8) is 0 Å². The zero-order chi connectivity index (χ0) is 20.5. The van der Waals surface area contributed by atoms with Crippen molar-refractivity contribution in [3.05, 3.63) is 74.5 Å². The number of ether oxygens (including phenoxy) is 1. The highest BCUT2D eigenvalue weighted by molar-refractivity contribution is 7.98. The van der Waals surface area contributed by atoms with Crippen molar-refractivity contribution in [2.24, 2.45) is 0 Å². The van der Waals surface area contributed by atoms with E-state index < -0.39 is 11.4 Å². The Labute approximate surface area is 178 Å². The highest BCUT2D eigenvalue weighted by Gasteiger charge is 2.17. The lowest BCUT2D eigenvalue weighted by Crippen LogP contribution is -2.24. The molecule has 3 aromatic heterocycles. The average molecular weight is 452 g/mol. The van der Waals surface area contributed by atoms with E-state index in [2.05, 4.69) is 15.2 Å². The van der Waals surface area contributed by atoms with Gasteiger partial charge in [0.2, 0.25) is 5.88 Å². The topological polar surface area (TPSA) is 74.3 Å². The minimum Gasteiger partial charge on any atom is -0.479 e. The first-order valence-corrected chi connectivity index (χ1v) is 9.96. The van der Waals surface area contributed by atoms with Gasteiger partial charge in [-0.1, -0.05) is 41.0 Å². The molecular formula is C18H12Cl2FN5O2S. The van der Waals surface area contributed by atoms with Crippen LogP contribution in [0.5, 0.6) is 5.88 Å². The summed E-state index contributed by atoms with van der Waals surface area (Å²) in [5.74, 6) is -0.453. The third-order valence-electron chi connectivity index (χ3n) is 4.03. The number of nitrogens with zero attached hydrogens (tertiary/aromatic N) is 5. The quantitative estimate of drug-likeness (QED) is 0.426. The number of hydrogen-bond acceptors (Lipinski definition) is 6. The Morgan fingerprint density at radius 1 is 1.24 bits per heavy atom. The molecule has 0 amide bonds. The van der Waals surface area contributed by atoms with Crippen molar-refractivity contribution in [2.45, 2.75) is 10.9 Å². The average Bonchev–Trinajstić information content (AvgIpc) is 3.16. The zero-order valence-electron chi connectivity index (χ0n) is 14.8. The summed E-state index contributed by atoms with van der Waals surface area (Å²) in [6.45, 7) is 0. The van der Waals surface area contributed by atoms with Crippen LogP contribution in [0.25, 0.3) is 11.2 Å². The number of halogens is 3. The molecule has 0 saturated carbocycles. The summed E-state index contributed by atoms with van der Waals surface area (Å²) < 4.78 is 21.6. The molecular weight excluding hydrogens is 440 g/mol. The van der Waals surface area contributed by atoms with Crippen LogP contribution in [0.4, 0.5) is 4.39 Å². The smallest absolute Gasteiger partial charge is 0.285 e. The Morgan fingerprint density at radius 2 is 2.07 bits per heavy atom. The second-order valence-corrected chi connectivity index (χ2v) is 7.62. The van der Waals surface area contributed by atoms with Crippen LogP contribution in [0.3, 0.4) is 0 Å². The summed E-state index contributed by atoms with van der Waals surface area (Å²) in [5, 5.41) is 9.73. The number of pyridine rings is 1. The molecule has 0 fully saturated rings. The third-order valence-corrected chi connectivity index (χ3v) is 5.60. The van der Waals surface area contributed by atoms with Crippen molar-refractivity contribution in [1.82, 2.24) is 24.4 Å². The van der Waals surface area contributed by atoms with Gasteiger partial charge >= 0.3 is 0 Å². The predicted molar refractivity (Wildman–Crippen MR) is 109 cm³/mol. The maximum atomic E-state index is 14.2. The molecule has 3 heterocycles. The van der Waals surface area contributed by atoms with Gasteiger partial charge in [0.15, 0.2) is 16.5 Å². The first-order chi connectivity index (χ1) is 14.0. The third kappa shape index (κ3) is 3.81. The molecule has 0 bridgehead atoms. The molecule has 0 spiro atoms. The van der Waals surface area contributed by atoms with Crippen LogP contribution in [-0.2, 0) is 5.75 Å². The number of aromatic nitrogens is 5. The second-order valence-electron chi connectivity index (χ2n) is 5.84. The summed E-state index contributed by atoms with van der Waals surface area (Å²) in [6.07, 6.45) is 2.81. The van der Waals surface area contributed by atoms with Crippen molar-refractivity contribution >= 4 is 40.5 Å². The lowest BCUT2D eigenvalue weighted by atomic mass is 10.2. The van der Waals surface area contributed by atoms with Crippen molar-refractivity contribution in [2.75, 3.05) is 7.11 Å². The van der Waals surface area contributed by atoms with E-state index in [1.807, 2.05) is 0 Å². The van der Waals surface area contributed by atoms with Crippen LogP contribution in [0.1, 0.15) is 5.56 Å². The number of methoxy groups -OCH3 is 1. The van der Waals surface area contributed by atoms with E-state index in [1.54, 1.807) is 18.2 Å². The molecule has 0 saturated heterocycles. The van der Waals surface area contributed by atoms with Crippen LogP contribution in [0.2, 0.25) is 10.0 Å². The van der Waals surface area contributed by atoms with Gasteiger partial charge in [-0.25, -0.2) is 9.37 Å². The molecule has 0 radical (unpaired) electrons. The van der Waals surface area contributed by atoms with Gasteiger partial charge < -0.3 is 4.74 Å². The molecule has 4 rings (SSSR count). The predicted octanol–water partition coefficient (Wildman–Crippen LogP) is 4.02. The molecule has 148 valence electrons. The fourth-order valence-electron chi connectivity index (χ4n) is 2.65. The number of thioether (sulfide) groups is 1. The normalized spacial score (nSPS) is 11.2. The fourth-order valence-corrected chi connectivity index (χ4v) is 4.19. The SMILES string of the molecule is COc1ncc(-n2c(SCc3ccc(Cl)cc3Cl)nn3nccc3c2=O)cc1F. The number of hydrogen-bond donors (Lipinski definition) is 0. The first kappa shape index (κ1) is 19.7. The van der Waals surface area contributed by atoms with Crippen LogP contribution in [0.15, 0.2) is 52.7 Å². The van der Waals surface area contributed by atoms with Crippen molar-refractivity contribution in [3.8, 4) is 11.6 Å². The van der Waals surface area contributed by atoms with Crippen LogP contribution in [0, 0.1) is 5.82 Å². The number of rotatable bonds is 5. The zero-order valence-corrected chi connectivity index (χ0v) is 17.2. The van der Waals surface area contributed by atoms with E-state index >= 15 is 0 Å². The van der Waals surface area contributed by atoms with Crippen LogP contribution < -0.4 is 10.3 Å².